The Morgan fingerprint density at radius 1 is 1.13 bits per heavy atom. The van der Waals surface area contributed by atoms with Gasteiger partial charge < -0.3 is 15.4 Å². The predicted octanol–water partition coefficient (Wildman–Crippen LogP) is 1.78. The second-order valence-electron chi connectivity index (χ2n) is 5.88. The Labute approximate surface area is 95.0 Å². The van der Waals surface area contributed by atoms with Crippen molar-refractivity contribution in [1.82, 2.24) is 10.6 Å². The quantitative estimate of drug-likeness (QED) is 0.710. The minimum absolute atomic E-state index is 0.0873. The van der Waals surface area contributed by atoms with Crippen molar-refractivity contribution in [3.05, 3.63) is 0 Å². The van der Waals surface area contributed by atoms with Crippen LogP contribution in [0.3, 0.4) is 0 Å². The largest absolute Gasteiger partial charge is 0.377 e. The Bertz CT molecular complexity index is 173. The first-order chi connectivity index (χ1) is 6.66. The van der Waals surface area contributed by atoms with E-state index in [2.05, 4.69) is 52.2 Å². The molecular formula is C12H28N2O. The van der Waals surface area contributed by atoms with Crippen LogP contribution < -0.4 is 10.6 Å². The van der Waals surface area contributed by atoms with Crippen LogP contribution in [0.15, 0.2) is 0 Å². The number of hydrogen-bond acceptors (Lipinski definition) is 3. The third-order valence-corrected chi connectivity index (χ3v) is 2.37. The minimum atomic E-state index is -0.0873. The molecule has 0 aromatic rings. The Kier molecular flexibility index (Phi) is 5.78. The van der Waals surface area contributed by atoms with Gasteiger partial charge in [-0.05, 0) is 41.5 Å². The molecule has 0 bridgehead atoms. The molecule has 0 spiro atoms. The molecule has 2 N–H and O–H groups in total. The standard InChI is InChI=1S/C12H28N2O/c1-10(8-14-11(2,3)4)13-9-12(5,6)15-7/h10,13-14H,8-9H2,1-7H3. The molecule has 0 aromatic heterocycles. The van der Waals surface area contributed by atoms with Gasteiger partial charge in [0.2, 0.25) is 0 Å². The summed E-state index contributed by atoms with van der Waals surface area (Å²) in [5.41, 5.74) is 0.0999. The van der Waals surface area contributed by atoms with Gasteiger partial charge >= 0.3 is 0 Å². The average Bonchev–Trinajstić information content (AvgIpc) is 2.10. The average molecular weight is 216 g/mol. The normalized spacial score (nSPS) is 15.4. The molecule has 0 heterocycles. The summed E-state index contributed by atoms with van der Waals surface area (Å²) in [7, 11) is 1.75. The van der Waals surface area contributed by atoms with E-state index in [1.165, 1.54) is 0 Å². The predicted molar refractivity (Wildman–Crippen MR) is 66.3 cm³/mol. The number of methoxy groups -OCH3 is 1. The van der Waals surface area contributed by atoms with Crippen molar-refractivity contribution in [2.75, 3.05) is 20.2 Å². The number of hydrogen-bond donors (Lipinski definition) is 2. The van der Waals surface area contributed by atoms with Crippen molar-refractivity contribution >= 4 is 0 Å². The van der Waals surface area contributed by atoms with Crippen molar-refractivity contribution in [2.45, 2.75) is 58.7 Å². The Balaban J connectivity index is 3.71. The van der Waals surface area contributed by atoms with Crippen LogP contribution in [0.2, 0.25) is 0 Å². The van der Waals surface area contributed by atoms with Crippen molar-refractivity contribution in [3.8, 4) is 0 Å². The number of ether oxygens (including phenoxy) is 1. The molecule has 0 aromatic carbocycles. The lowest BCUT2D eigenvalue weighted by atomic mass is 10.1. The Hall–Kier alpha value is -0.120. The lowest BCUT2D eigenvalue weighted by molar-refractivity contribution is 0.0214. The summed E-state index contributed by atoms with van der Waals surface area (Å²) in [5, 5.41) is 6.93. The van der Waals surface area contributed by atoms with E-state index in [1.807, 2.05) is 0 Å². The maximum atomic E-state index is 5.35. The summed E-state index contributed by atoms with van der Waals surface area (Å²) < 4.78 is 5.35. The minimum Gasteiger partial charge on any atom is -0.377 e. The maximum absolute atomic E-state index is 5.35. The van der Waals surface area contributed by atoms with Crippen LogP contribution in [0.4, 0.5) is 0 Å². The highest BCUT2D eigenvalue weighted by molar-refractivity contribution is 4.77. The first-order valence-corrected chi connectivity index (χ1v) is 5.70. The summed E-state index contributed by atoms with van der Waals surface area (Å²) in [4.78, 5) is 0. The van der Waals surface area contributed by atoms with Gasteiger partial charge in [-0.1, -0.05) is 0 Å². The summed E-state index contributed by atoms with van der Waals surface area (Å²) >= 11 is 0. The Morgan fingerprint density at radius 3 is 2.07 bits per heavy atom. The lowest BCUT2D eigenvalue weighted by Crippen LogP contribution is -2.48. The summed E-state index contributed by atoms with van der Waals surface area (Å²) in [5.74, 6) is 0. The number of rotatable bonds is 6. The molecule has 3 nitrogen and oxygen atoms in total. The van der Waals surface area contributed by atoms with Crippen molar-refractivity contribution in [3.63, 3.8) is 0 Å². The fourth-order valence-electron chi connectivity index (χ4n) is 1.02. The van der Waals surface area contributed by atoms with Crippen LogP contribution in [0.25, 0.3) is 0 Å². The highest BCUT2D eigenvalue weighted by Crippen LogP contribution is 2.05. The third kappa shape index (κ3) is 8.85. The van der Waals surface area contributed by atoms with Crippen LogP contribution in [-0.2, 0) is 4.74 Å². The molecule has 0 rings (SSSR count). The van der Waals surface area contributed by atoms with Crippen LogP contribution in [0, 0.1) is 0 Å². The molecule has 0 saturated heterocycles. The lowest BCUT2D eigenvalue weighted by Gasteiger charge is -2.28. The first kappa shape index (κ1) is 14.9. The molecule has 0 aliphatic rings. The van der Waals surface area contributed by atoms with Gasteiger partial charge in [-0.15, -0.1) is 0 Å². The van der Waals surface area contributed by atoms with E-state index in [-0.39, 0.29) is 11.1 Å². The van der Waals surface area contributed by atoms with Crippen LogP contribution in [0.5, 0.6) is 0 Å². The second kappa shape index (κ2) is 5.83. The second-order valence-corrected chi connectivity index (χ2v) is 5.88. The van der Waals surface area contributed by atoms with Gasteiger partial charge in [0.25, 0.3) is 0 Å². The fourth-order valence-corrected chi connectivity index (χ4v) is 1.02. The van der Waals surface area contributed by atoms with Crippen molar-refractivity contribution in [1.29, 1.82) is 0 Å². The Morgan fingerprint density at radius 2 is 1.67 bits per heavy atom. The SMILES string of the molecule is COC(C)(C)CNC(C)CNC(C)(C)C. The zero-order chi connectivity index (χ0) is 12.1. The van der Waals surface area contributed by atoms with Gasteiger partial charge in [0, 0.05) is 31.8 Å². The van der Waals surface area contributed by atoms with E-state index in [0.717, 1.165) is 13.1 Å². The van der Waals surface area contributed by atoms with Gasteiger partial charge in [-0.25, -0.2) is 0 Å². The van der Waals surface area contributed by atoms with E-state index < -0.39 is 0 Å². The van der Waals surface area contributed by atoms with Gasteiger partial charge in [0.15, 0.2) is 0 Å². The van der Waals surface area contributed by atoms with E-state index in [1.54, 1.807) is 7.11 Å². The van der Waals surface area contributed by atoms with Gasteiger partial charge in [-0.2, -0.15) is 0 Å². The summed E-state index contributed by atoms with van der Waals surface area (Å²) in [6.45, 7) is 14.7. The van der Waals surface area contributed by atoms with E-state index in [0.29, 0.717) is 6.04 Å². The van der Waals surface area contributed by atoms with Gasteiger partial charge in [0.1, 0.15) is 0 Å². The van der Waals surface area contributed by atoms with Crippen LogP contribution in [-0.4, -0.2) is 37.4 Å². The zero-order valence-electron chi connectivity index (χ0n) is 11.4. The number of nitrogens with one attached hydrogen (secondary N) is 2. The molecule has 3 heteroatoms. The first-order valence-electron chi connectivity index (χ1n) is 5.70. The molecule has 0 aliphatic heterocycles. The highest BCUT2D eigenvalue weighted by Gasteiger charge is 2.17. The smallest absolute Gasteiger partial charge is 0.0746 e. The van der Waals surface area contributed by atoms with Gasteiger partial charge in [0.05, 0.1) is 5.60 Å². The van der Waals surface area contributed by atoms with Crippen molar-refractivity contribution < 1.29 is 4.74 Å². The third-order valence-electron chi connectivity index (χ3n) is 2.37. The molecule has 1 atom stereocenters. The highest BCUT2D eigenvalue weighted by atomic mass is 16.5. The molecule has 1 unspecified atom stereocenters. The van der Waals surface area contributed by atoms with Gasteiger partial charge in [-0.3, -0.25) is 0 Å². The molecule has 0 fully saturated rings. The summed E-state index contributed by atoms with van der Waals surface area (Å²) in [6.07, 6.45) is 0. The van der Waals surface area contributed by atoms with E-state index in [9.17, 15) is 0 Å². The zero-order valence-corrected chi connectivity index (χ0v) is 11.4. The van der Waals surface area contributed by atoms with Crippen LogP contribution in [0.1, 0.15) is 41.5 Å². The summed E-state index contributed by atoms with van der Waals surface area (Å²) in [6, 6.07) is 0.457. The molecule has 0 saturated carbocycles. The maximum Gasteiger partial charge on any atom is 0.0746 e. The molecule has 92 valence electrons. The van der Waals surface area contributed by atoms with E-state index in [4.69, 9.17) is 4.74 Å². The van der Waals surface area contributed by atoms with E-state index >= 15 is 0 Å². The molecule has 0 amide bonds. The van der Waals surface area contributed by atoms with Crippen LogP contribution >= 0.6 is 0 Å². The monoisotopic (exact) mass is 216 g/mol. The van der Waals surface area contributed by atoms with Crippen molar-refractivity contribution in [2.24, 2.45) is 0 Å². The topological polar surface area (TPSA) is 33.3 Å². The fraction of sp³-hybridized carbons (Fsp3) is 1.00. The molecular weight excluding hydrogens is 188 g/mol. The molecule has 0 radical (unpaired) electrons. The molecule has 15 heavy (non-hydrogen) atoms. The molecule has 0 aliphatic carbocycles.